The van der Waals surface area contributed by atoms with E-state index in [0.717, 1.165) is 6.54 Å². The van der Waals surface area contributed by atoms with Gasteiger partial charge in [-0.15, -0.1) is 11.3 Å². The highest BCUT2D eigenvalue weighted by Crippen LogP contribution is 2.27. The highest BCUT2D eigenvalue weighted by Gasteiger charge is 2.20. The lowest BCUT2D eigenvalue weighted by atomic mass is 10.2. The summed E-state index contributed by atoms with van der Waals surface area (Å²) >= 11 is 1.21. The molecule has 0 amide bonds. The lowest BCUT2D eigenvalue weighted by Crippen LogP contribution is -2.21. The fourth-order valence-corrected chi connectivity index (χ4v) is 3.12. The molecule has 0 fully saturated rings. The number of hydrogen-bond donors (Lipinski definition) is 1. The highest BCUT2D eigenvalue weighted by molar-refractivity contribution is 7.20. The summed E-state index contributed by atoms with van der Waals surface area (Å²) in [6.07, 6.45) is 0. The van der Waals surface area contributed by atoms with E-state index in [1.807, 2.05) is 18.9 Å². The second kappa shape index (κ2) is 6.36. The molecule has 6 nitrogen and oxygen atoms in total. The van der Waals surface area contributed by atoms with Gasteiger partial charge in [-0.1, -0.05) is 6.92 Å². The van der Waals surface area contributed by atoms with E-state index in [9.17, 15) is 9.59 Å². The number of rotatable bonds is 5. The minimum Gasteiger partial charge on any atom is -0.462 e. The predicted octanol–water partition coefficient (Wildman–Crippen LogP) is 1.92. The Morgan fingerprint density at radius 1 is 1.43 bits per heavy atom. The quantitative estimate of drug-likeness (QED) is 0.854. The number of nitrogens with zero attached hydrogens (tertiary/aromatic N) is 2. The first-order valence-corrected chi connectivity index (χ1v) is 7.67. The number of hydrogen-bond acceptors (Lipinski definition) is 6. The molecule has 7 heteroatoms. The fourth-order valence-electron chi connectivity index (χ4n) is 2.02. The molecule has 2 heterocycles. The van der Waals surface area contributed by atoms with Crippen molar-refractivity contribution in [2.75, 3.05) is 20.2 Å². The molecule has 1 N–H and O–H groups in total. The van der Waals surface area contributed by atoms with Crippen LogP contribution in [-0.2, 0) is 11.3 Å². The first-order chi connectivity index (χ1) is 9.97. The van der Waals surface area contributed by atoms with Gasteiger partial charge in [0.25, 0.3) is 5.56 Å². The van der Waals surface area contributed by atoms with Gasteiger partial charge >= 0.3 is 5.97 Å². The molecule has 0 bridgehead atoms. The third-order valence-corrected chi connectivity index (χ3v) is 4.44. The maximum atomic E-state index is 12.2. The molecule has 0 aliphatic carbocycles. The smallest absolute Gasteiger partial charge is 0.348 e. The van der Waals surface area contributed by atoms with Crippen molar-refractivity contribution in [3.8, 4) is 0 Å². The Morgan fingerprint density at radius 2 is 2.14 bits per heavy atom. The summed E-state index contributed by atoms with van der Waals surface area (Å²) in [6, 6.07) is 0. The van der Waals surface area contributed by atoms with Crippen molar-refractivity contribution in [3.63, 3.8) is 0 Å². The van der Waals surface area contributed by atoms with Gasteiger partial charge in [0.15, 0.2) is 0 Å². The monoisotopic (exact) mass is 309 g/mol. The Balaban J connectivity index is 2.50. The second-order valence-corrected chi connectivity index (χ2v) is 5.80. The van der Waals surface area contributed by atoms with Gasteiger partial charge in [-0.2, -0.15) is 0 Å². The Hall–Kier alpha value is -1.73. The van der Waals surface area contributed by atoms with Crippen molar-refractivity contribution in [1.82, 2.24) is 14.9 Å². The highest BCUT2D eigenvalue weighted by atomic mass is 32.1. The third kappa shape index (κ3) is 3.14. The van der Waals surface area contributed by atoms with Gasteiger partial charge in [0.2, 0.25) is 0 Å². The molecule has 21 heavy (non-hydrogen) atoms. The summed E-state index contributed by atoms with van der Waals surface area (Å²) in [5.41, 5.74) is 0.432. The van der Waals surface area contributed by atoms with E-state index in [1.54, 1.807) is 13.8 Å². The Kier molecular flexibility index (Phi) is 4.74. The Labute approximate surface area is 126 Å². The normalized spacial score (nSPS) is 11.3. The zero-order valence-electron chi connectivity index (χ0n) is 12.6. The van der Waals surface area contributed by atoms with E-state index in [4.69, 9.17) is 4.74 Å². The van der Waals surface area contributed by atoms with Gasteiger partial charge in [0, 0.05) is 0 Å². The molecule has 2 aromatic rings. The van der Waals surface area contributed by atoms with Crippen LogP contribution in [0.15, 0.2) is 4.79 Å². The van der Waals surface area contributed by atoms with Gasteiger partial charge in [-0.05, 0) is 33.0 Å². The molecule has 0 aliphatic rings. The van der Waals surface area contributed by atoms with Crippen LogP contribution in [0.25, 0.3) is 10.2 Å². The number of aromatic amines is 1. The van der Waals surface area contributed by atoms with Crippen LogP contribution in [0, 0.1) is 6.92 Å². The van der Waals surface area contributed by atoms with Crippen LogP contribution in [0.4, 0.5) is 0 Å². The van der Waals surface area contributed by atoms with E-state index in [0.29, 0.717) is 39.6 Å². The fraction of sp³-hybridized carbons (Fsp3) is 0.500. The molecule has 0 aromatic carbocycles. The largest absolute Gasteiger partial charge is 0.462 e. The number of nitrogens with one attached hydrogen (secondary N) is 1. The molecule has 2 aromatic heterocycles. The van der Waals surface area contributed by atoms with Crippen molar-refractivity contribution in [2.45, 2.75) is 27.3 Å². The molecule has 0 spiro atoms. The van der Waals surface area contributed by atoms with Crippen molar-refractivity contribution in [1.29, 1.82) is 0 Å². The number of H-pyrrole nitrogens is 1. The summed E-state index contributed by atoms with van der Waals surface area (Å²) in [7, 11) is 1.95. The van der Waals surface area contributed by atoms with E-state index >= 15 is 0 Å². The predicted molar refractivity (Wildman–Crippen MR) is 82.9 cm³/mol. The molecule has 114 valence electrons. The summed E-state index contributed by atoms with van der Waals surface area (Å²) in [6.45, 7) is 7.27. The number of aromatic nitrogens is 2. The summed E-state index contributed by atoms with van der Waals surface area (Å²) in [4.78, 5) is 34.4. The third-order valence-electron chi connectivity index (χ3n) is 3.27. The molecule has 0 aliphatic heterocycles. The maximum absolute atomic E-state index is 12.2. The maximum Gasteiger partial charge on any atom is 0.348 e. The first-order valence-electron chi connectivity index (χ1n) is 6.85. The van der Waals surface area contributed by atoms with E-state index < -0.39 is 5.97 Å². The average Bonchev–Trinajstić information content (AvgIpc) is 2.76. The average molecular weight is 309 g/mol. The van der Waals surface area contributed by atoms with E-state index in [1.165, 1.54) is 11.3 Å². The van der Waals surface area contributed by atoms with Crippen LogP contribution in [0.1, 0.15) is 34.9 Å². The molecule has 0 atom stereocenters. The number of ether oxygens (including phenoxy) is 1. The van der Waals surface area contributed by atoms with Crippen LogP contribution in [0.5, 0.6) is 0 Å². The van der Waals surface area contributed by atoms with Crippen LogP contribution in [-0.4, -0.2) is 41.0 Å². The molecule has 0 saturated heterocycles. The van der Waals surface area contributed by atoms with Crippen LogP contribution >= 0.6 is 11.3 Å². The van der Waals surface area contributed by atoms with Crippen molar-refractivity contribution in [3.05, 3.63) is 26.6 Å². The van der Waals surface area contributed by atoms with Crippen molar-refractivity contribution >= 4 is 27.5 Å². The molecular weight excluding hydrogens is 290 g/mol. The molecule has 0 unspecified atom stereocenters. The summed E-state index contributed by atoms with van der Waals surface area (Å²) in [5, 5.41) is 0.478. The lowest BCUT2D eigenvalue weighted by molar-refractivity contribution is 0.0531. The number of fused-ring (bicyclic) bond motifs is 1. The van der Waals surface area contributed by atoms with Crippen molar-refractivity contribution < 1.29 is 9.53 Å². The van der Waals surface area contributed by atoms with Gasteiger partial charge < -0.3 is 9.72 Å². The Bertz CT molecular complexity index is 720. The van der Waals surface area contributed by atoms with Gasteiger partial charge in [0.1, 0.15) is 15.5 Å². The number of esters is 1. The standard InChI is InChI=1S/C14H19N3O3S/c1-5-17(4)7-9-15-12(18)10-8(3)11(14(19)20-6-2)21-13(10)16-9/h5-7H2,1-4H3,(H,15,16,18). The zero-order chi connectivity index (χ0) is 15.6. The number of carbonyl (C=O) groups is 1. The molecule has 0 radical (unpaired) electrons. The zero-order valence-corrected chi connectivity index (χ0v) is 13.5. The lowest BCUT2D eigenvalue weighted by Gasteiger charge is -2.12. The van der Waals surface area contributed by atoms with Crippen LogP contribution in [0.2, 0.25) is 0 Å². The summed E-state index contributed by atoms with van der Waals surface area (Å²) in [5.74, 6) is 0.207. The first kappa shape index (κ1) is 15.7. The van der Waals surface area contributed by atoms with Crippen molar-refractivity contribution in [2.24, 2.45) is 0 Å². The Morgan fingerprint density at radius 3 is 2.76 bits per heavy atom. The number of aryl methyl sites for hydroxylation is 1. The van der Waals surface area contributed by atoms with Crippen LogP contribution in [0.3, 0.4) is 0 Å². The number of thiophene rings is 1. The van der Waals surface area contributed by atoms with Gasteiger partial charge in [0.05, 0.1) is 18.5 Å². The second-order valence-electron chi connectivity index (χ2n) is 4.80. The van der Waals surface area contributed by atoms with Crippen LogP contribution < -0.4 is 5.56 Å². The van der Waals surface area contributed by atoms with Gasteiger partial charge in [-0.3, -0.25) is 9.69 Å². The molecule has 0 saturated carbocycles. The minimum atomic E-state index is -0.398. The topological polar surface area (TPSA) is 75.3 Å². The van der Waals surface area contributed by atoms with E-state index in [-0.39, 0.29) is 5.56 Å². The van der Waals surface area contributed by atoms with Gasteiger partial charge in [-0.25, -0.2) is 9.78 Å². The number of carbonyl (C=O) groups excluding carboxylic acids is 1. The molecular formula is C14H19N3O3S. The summed E-state index contributed by atoms with van der Waals surface area (Å²) < 4.78 is 5.01. The molecule has 2 rings (SSSR count). The SMILES string of the molecule is CCOC(=O)c1sc2nc(CN(C)CC)[nH]c(=O)c2c1C. The van der Waals surface area contributed by atoms with E-state index in [2.05, 4.69) is 9.97 Å². The minimum absolute atomic E-state index is 0.205.